The number of hydrogen-bond acceptors (Lipinski definition) is 2. The fourth-order valence-corrected chi connectivity index (χ4v) is 0.840. The molecule has 0 atom stereocenters. The van der Waals surface area contributed by atoms with Crippen LogP contribution in [0.4, 0.5) is 0 Å². The third-order valence-corrected chi connectivity index (χ3v) is 1.56. The number of hydrogen-bond donors (Lipinski definition) is 1. The third kappa shape index (κ3) is 1.59. The number of rotatable bonds is 0. The molecule has 0 bridgehead atoms. The lowest BCUT2D eigenvalue weighted by Crippen LogP contribution is -2.31. The minimum atomic E-state index is 0.206. The Morgan fingerprint density at radius 2 is 2.20 bits per heavy atom. The van der Waals surface area contributed by atoms with Crippen molar-refractivity contribution in [2.75, 3.05) is 6.54 Å². The second-order valence-electron chi connectivity index (χ2n) is 3.52. The van der Waals surface area contributed by atoms with Crippen LogP contribution in [0.15, 0.2) is 17.4 Å². The highest BCUT2D eigenvalue weighted by atomic mass is 14.9. The van der Waals surface area contributed by atoms with E-state index in [1.54, 1.807) is 0 Å². The number of nitrogens with one attached hydrogen (secondary N) is 1. The van der Waals surface area contributed by atoms with Crippen molar-refractivity contribution in [3.8, 4) is 0 Å². The van der Waals surface area contributed by atoms with E-state index in [-0.39, 0.29) is 5.41 Å². The molecule has 0 unspecified atom stereocenters. The second-order valence-corrected chi connectivity index (χ2v) is 3.52. The van der Waals surface area contributed by atoms with Gasteiger partial charge in [-0.05, 0) is 0 Å². The summed E-state index contributed by atoms with van der Waals surface area (Å²) in [6, 6.07) is 0. The van der Waals surface area contributed by atoms with Gasteiger partial charge in [-0.1, -0.05) is 20.8 Å². The van der Waals surface area contributed by atoms with E-state index in [1.807, 2.05) is 12.4 Å². The molecule has 1 aliphatic heterocycles. The normalized spacial score (nSPS) is 18.1. The molecule has 1 rings (SSSR count). The average molecular weight is 138 g/mol. The first-order valence-corrected chi connectivity index (χ1v) is 3.56. The van der Waals surface area contributed by atoms with Gasteiger partial charge < -0.3 is 5.32 Å². The van der Waals surface area contributed by atoms with Gasteiger partial charge >= 0.3 is 0 Å². The highest BCUT2D eigenvalue weighted by Crippen LogP contribution is 2.16. The summed E-state index contributed by atoms with van der Waals surface area (Å²) in [6.07, 6.45) is 3.68. The highest BCUT2D eigenvalue weighted by Gasteiger charge is 2.18. The Bertz CT molecular complexity index is 172. The molecule has 0 aromatic heterocycles. The molecule has 0 spiro atoms. The molecule has 0 radical (unpaired) electrons. The molecular weight excluding hydrogens is 124 g/mol. The molecule has 0 aromatic rings. The molecule has 0 aromatic carbocycles. The Kier molecular flexibility index (Phi) is 1.79. The first-order chi connectivity index (χ1) is 4.61. The van der Waals surface area contributed by atoms with Gasteiger partial charge in [0.1, 0.15) is 0 Å². The molecular formula is C8H14N2. The standard InChI is InChI=1S/C8H14N2/c1-8(2,3)7-6-9-4-5-10-7/h4-5,9H,6H2,1-3H3. The van der Waals surface area contributed by atoms with Gasteiger partial charge in [0.2, 0.25) is 0 Å². The summed E-state index contributed by atoms with van der Waals surface area (Å²) in [6.45, 7) is 7.41. The van der Waals surface area contributed by atoms with Crippen LogP contribution in [0.5, 0.6) is 0 Å². The summed E-state index contributed by atoms with van der Waals surface area (Å²) < 4.78 is 0. The summed E-state index contributed by atoms with van der Waals surface area (Å²) >= 11 is 0. The maximum absolute atomic E-state index is 4.27. The summed E-state index contributed by atoms with van der Waals surface area (Å²) in [7, 11) is 0. The smallest absolute Gasteiger partial charge is 0.0534 e. The molecule has 1 aliphatic rings. The molecule has 10 heavy (non-hydrogen) atoms. The highest BCUT2D eigenvalue weighted by molar-refractivity contribution is 5.92. The van der Waals surface area contributed by atoms with Gasteiger partial charge in [-0.3, -0.25) is 4.99 Å². The predicted molar refractivity (Wildman–Crippen MR) is 44.0 cm³/mol. The van der Waals surface area contributed by atoms with E-state index in [4.69, 9.17) is 0 Å². The summed E-state index contributed by atoms with van der Waals surface area (Å²) in [5.41, 5.74) is 1.42. The van der Waals surface area contributed by atoms with Crippen LogP contribution in [0.1, 0.15) is 20.8 Å². The fraction of sp³-hybridized carbons (Fsp3) is 0.625. The Balaban J connectivity index is 2.72. The van der Waals surface area contributed by atoms with Crippen molar-refractivity contribution >= 4 is 5.71 Å². The lowest BCUT2D eigenvalue weighted by Gasteiger charge is -2.22. The van der Waals surface area contributed by atoms with E-state index in [9.17, 15) is 0 Å². The van der Waals surface area contributed by atoms with Gasteiger partial charge in [0, 0.05) is 23.5 Å². The molecule has 2 nitrogen and oxygen atoms in total. The molecule has 0 saturated heterocycles. The van der Waals surface area contributed by atoms with E-state index >= 15 is 0 Å². The molecule has 0 amide bonds. The van der Waals surface area contributed by atoms with Crippen LogP contribution < -0.4 is 5.32 Å². The minimum absolute atomic E-state index is 0.206. The Morgan fingerprint density at radius 3 is 2.50 bits per heavy atom. The Hall–Kier alpha value is -0.790. The maximum Gasteiger partial charge on any atom is 0.0534 e. The van der Waals surface area contributed by atoms with Gasteiger partial charge in [-0.15, -0.1) is 0 Å². The zero-order valence-corrected chi connectivity index (χ0v) is 6.81. The van der Waals surface area contributed by atoms with E-state index in [0.717, 1.165) is 6.54 Å². The summed E-state index contributed by atoms with van der Waals surface area (Å²) in [5.74, 6) is 0. The minimum Gasteiger partial charge on any atom is -0.384 e. The fourth-order valence-electron chi connectivity index (χ4n) is 0.840. The predicted octanol–water partition coefficient (Wildman–Crippen LogP) is 1.55. The summed E-state index contributed by atoms with van der Waals surface area (Å²) in [4.78, 5) is 4.27. The molecule has 56 valence electrons. The van der Waals surface area contributed by atoms with Crippen molar-refractivity contribution in [1.29, 1.82) is 0 Å². The summed E-state index contributed by atoms with van der Waals surface area (Å²) in [5, 5.41) is 3.13. The lowest BCUT2D eigenvalue weighted by atomic mass is 9.89. The van der Waals surface area contributed by atoms with E-state index in [2.05, 4.69) is 31.1 Å². The third-order valence-electron chi connectivity index (χ3n) is 1.56. The average Bonchev–Trinajstić information content (AvgIpc) is 1.88. The van der Waals surface area contributed by atoms with Crippen LogP contribution in [0.25, 0.3) is 0 Å². The molecule has 2 heteroatoms. The van der Waals surface area contributed by atoms with E-state index < -0.39 is 0 Å². The van der Waals surface area contributed by atoms with E-state index in [0.29, 0.717) is 0 Å². The van der Waals surface area contributed by atoms with Crippen LogP contribution in [-0.4, -0.2) is 12.3 Å². The van der Waals surface area contributed by atoms with Crippen molar-refractivity contribution in [2.45, 2.75) is 20.8 Å². The monoisotopic (exact) mass is 138 g/mol. The lowest BCUT2D eigenvalue weighted by molar-refractivity contribution is 0.576. The second kappa shape index (κ2) is 2.45. The van der Waals surface area contributed by atoms with Gasteiger partial charge in [0.25, 0.3) is 0 Å². The van der Waals surface area contributed by atoms with Crippen molar-refractivity contribution in [2.24, 2.45) is 10.4 Å². The van der Waals surface area contributed by atoms with E-state index in [1.165, 1.54) is 5.71 Å². The number of aliphatic imine (C=N–C) groups is 1. The number of nitrogens with zero attached hydrogens (tertiary/aromatic N) is 1. The molecule has 0 aliphatic carbocycles. The molecule has 1 heterocycles. The zero-order valence-electron chi connectivity index (χ0n) is 6.81. The quantitative estimate of drug-likeness (QED) is 0.539. The van der Waals surface area contributed by atoms with Gasteiger partial charge in [-0.25, -0.2) is 0 Å². The topological polar surface area (TPSA) is 24.4 Å². The van der Waals surface area contributed by atoms with Crippen molar-refractivity contribution in [1.82, 2.24) is 5.32 Å². The van der Waals surface area contributed by atoms with Gasteiger partial charge in [0.15, 0.2) is 0 Å². The maximum atomic E-state index is 4.27. The van der Waals surface area contributed by atoms with Crippen LogP contribution in [-0.2, 0) is 0 Å². The largest absolute Gasteiger partial charge is 0.384 e. The molecule has 0 saturated carbocycles. The molecule has 0 fully saturated rings. The van der Waals surface area contributed by atoms with Crippen molar-refractivity contribution in [3.63, 3.8) is 0 Å². The Labute approximate surface area is 62.0 Å². The SMILES string of the molecule is CC(C)(C)C1=NC=CNC1. The van der Waals surface area contributed by atoms with Crippen molar-refractivity contribution in [3.05, 3.63) is 12.4 Å². The van der Waals surface area contributed by atoms with Crippen LogP contribution in [0, 0.1) is 5.41 Å². The van der Waals surface area contributed by atoms with Crippen LogP contribution in [0.2, 0.25) is 0 Å². The van der Waals surface area contributed by atoms with Gasteiger partial charge in [0.05, 0.1) is 6.54 Å². The van der Waals surface area contributed by atoms with Gasteiger partial charge in [-0.2, -0.15) is 0 Å². The first-order valence-electron chi connectivity index (χ1n) is 3.56. The first kappa shape index (κ1) is 7.32. The molecule has 1 N–H and O–H groups in total. The zero-order chi connectivity index (χ0) is 7.61. The van der Waals surface area contributed by atoms with Crippen LogP contribution >= 0.6 is 0 Å². The van der Waals surface area contributed by atoms with Crippen LogP contribution in [0.3, 0.4) is 0 Å². The van der Waals surface area contributed by atoms with Crippen molar-refractivity contribution < 1.29 is 0 Å². The Morgan fingerprint density at radius 1 is 1.50 bits per heavy atom.